The standard InChI is InChI=1S/C8H14.C6H10/c1-4-5-6-7-8(2)3;1-3-5-6-4-2/h5-7H,4H2,1-3H3;3-6H,1-2H3/b6-5+;5-3+,6-4+. The molecule has 0 aliphatic heterocycles. The van der Waals surface area contributed by atoms with Crippen molar-refractivity contribution in [3.05, 3.63) is 48.1 Å². The molecule has 0 heteroatoms. The summed E-state index contributed by atoms with van der Waals surface area (Å²) in [7, 11) is 0. The van der Waals surface area contributed by atoms with Crippen molar-refractivity contribution in [1.29, 1.82) is 0 Å². The predicted octanol–water partition coefficient (Wildman–Crippen LogP) is 5.06. The van der Waals surface area contributed by atoms with E-state index in [0.29, 0.717) is 0 Å². The second kappa shape index (κ2) is 14.5. The maximum atomic E-state index is 2.15. The highest BCUT2D eigenvalue weighted by atomic mass is 13.7. The van der Waals surface area contributed by atoms with Gasteiger partial charge < -0.3 is 0 Å². The SMILES string of the molecule is C/C=C/C=C/C.CC/C=C/C=C(C)C. The van der Waals surface area contributed by atoms with Crippen molar-refractivity contribution in [1.82, 2.24) is 0 Å². The zero-order valence-electron chi connectivity index (χ0n) is 10.2. The van der Waals surface area contributed by atoms with Crippen molar-refractivity contribution >= 4 is 0 Å². The van der Waals surface area contributed by atoms with Gasteiger partial charge in [-0.1, -0.05) is 55.0 Å². The molecule has 80 valence electrons. The van der Waals surface area contributed by atoms with E-state index >= 15 is 0 Å². The van der Waals surface area contributed by atoms with Crippen molar-refractivity contribution in [2.45, 2.75) is 41.0 Å². The molecular formula is C14H24. The molecule has 0 unspecified atom stereocenters. The van der Waals surface area contributed by atoms with Crippen molar-refractivity contribution in [2.24, 2.45) is 0 Å². The van der Waals surface area contributed by atoms with Crippen LogP contribution in [0.4, 0.5) is 0 Å². The number of hydrogen-bond donors (Lipinski definition) is 0. The molecule has 0 N–H and O–H groups in total. The van der Waals surface area contributed by atoms with E-state index in [9.17, 15) is 0 Å². The molecule has 0 rings (SSSR count). The quantitative estimate of drug-likeness (QED) is 0.548. The summed E-state index contributed by atoms with van der Waals surface area (Å²) in [4.78, 5) is 0. The summed E-state index contributed by atoms with van der Waals surface area (Å²) in [5, 5.41) is 0. The van der Waals surface area contributed by atoms with Gasteiger partial charge >= 0.3 is 0 Å². The van der Waals surface area contributed by atoms with Crippen LogP contribution in [0.2, 0.25) is 0 Å². The van der Waals surface area contributed by atoms with Crippen LogP contribution in [0.25, 0.3) is 0 Å². The monoisotopic (exact) mass is 192 g/mol. The van der Waals surface area contributed by atoms with Crippen LogP contribution < -0.4 is 0 Å². The van der Waals surface area contributed by atoms with Crippen LogP contribution in [0, 0.1) is 0 Å². The molecule has 0 bridgehead atoms. The molecule has 0 saturated carbocycles. The Morgan fingerprint density at radius 3 is 1.71 bits per heavy atom. The van der Waals surface area contributed by atoms with Gasteiger partial charge in [-0.3, -0.25) is 0 Å². The maximum Gasteiger partial charge on any atom is -0.0376 e. The molecule has 0 radical (unpaired) electrons. The normalized spacial score (nSPS) is 10.6. The molecule has 0 nitrogen and oxygen atoms in total. The van der Waals surface area contributed by atoms with Gasteiger partial charge in [0.05, 0.1) is 0 Å². The summed E-state index contributed by atoms with van der Waals surface area (Å²) in [5.74, 6) is 0. The first-order valence-corrected chi connectivity index (χ1v) is 5.23. The van der Waals surface area contributed by atoms with Gasteiger partial charge in [-0.05, 0) is 34.1 Å². The van der Waals surface area contributed by atoms with Crippen LogP contribution in [-0.4, -0.2) is 0 Å². The number of allylic oxidation sites excluding steroid dienone is 8. The summed E-state index contributed by atoms with van der Waals surface area (Å²) < 4.78 is 0. The van der Waals surface area contributed by atoms with E-state index in [1.165, 1.54) is 5.57 Å². The highest BCUT2D eigenvalue weighted by molar-refractivity contribution is 5.07. The Morgan fingerprint density at radius 2 is 1.43 bits per heavy atom. The lowest BCUT2D eigenvalue weighted by atomic mass is 10.3. The first-order chi connectivity index (χ1) is 6.68. The first kappa shape index (κ1) is 15.4. The zero-order valence-corrected chi connectivity index (χ0v) is 10.2. The van der Waals surface area contributed by atoms with E-state index in [1.807, 2.05) is 38.2 Å². The van der Waals surface area contributed by atoms with E-state index in [0.717, 1.165) is 6.42 Å². The minimum atomic E-state index is 1.13. The average Bonchev–Trinajstić information content (AvgIpc) is 2.16. The summed E-state index contributed by atoms with van der Waals surface area (Å²) in [6.45, 7) is 10.3. The van der Waals surface area contributed by atoms with Gasteiger partial charge in [-0.15, -0.1) is 0 Å². The highest BCUT2D eigenvalue weighted by Crippen LogP contribution is 1.89. The first-order valence-electron chi connectivity index (χ1n) is 5.23. The van der Waals surface area contributed by atoms with Gasteiger partial charge in [0.1, 0.15) is 0 Å². The predicted molar refractivity (Wildman–Crippen MR) is 68.5 cm³/mol. The van der Waals surface area contributed by atoms with E-state index in [1.54, 1.807) is 0 Å². The van der Waals surface area contributed by atoms with E-state index in [-0.39, 0.29) is 0 Å². The molecule has 0 aliphatic rings. The van der Waals surface area contributed by atoms with Gasteiger partial charge in [-0.25, -0.2) is 0 Å². The van der Waals surface area contributed by atoms with Crippen molar-refractivity contribution in [3.63, 3.8) is 0 Å². The topological polar surface area (TPSA) is 0 Å². The van der Waals surface area contributed by atoms with Gasteiger partial charge in [0.2, 0.25) is 0 Å². The van der Waals surface area contributed by atoms with E-state index < -0.39 is 0 Å². The van der Waals surface area contributed by atoms with Gasteiger partial charge in [0.25, 0.3) is 0 Å². The van der Waals surface area contributed by atoms with Crippen molar-refractivity contribution < 1.29 is 0 Å². The Bertz CT molecular complexity index is 188. The molecule has 0 spiro atoms. The largest absolute Gasteiger partial charge is 0.0877 e. The highest BCUT2D eigenvalue weighted by Gasteiger charge is 1.67. The molecule has 0 fully saturated rings. The molecule has 0 aromatic heterocycles. The van der Waals surface area contributed by atoms with Crippen molar-refractivity contribution in [3.8, 4) is 0 Å². The number of hydrogen-bond acceptors (Lipinski definition) is 0. The lowest BCUT2D eigenvalue weighted by Crippen LogP contribution is -1.58. The molecule has 0 atom stereocenters. The molecule has 0 amide bonds. The van der Waals surface area contributed by atoms with Crippen LogP contribution in [0.1, 0.15) is 41.0 Å². The molecule has 0 aliphatic carbocycles. The Balaban J connectivity index is 0. The number of rotatable bonds is 3. The third-order valence-corrected chi connectivity index (χ3v) is 1.30. The lowest BCUT2D eigenvalue weighted by molar-refractivity contribution is 1.22. The minimum absolute atomic E-state index is 1.13. The lowest BCUT2D eigenvalue weighted by Gasteiger charge is -1.80. The van der Waals surface area contributed by atoms with Gasteiger partial charge in [0.15, 0.2) is 0 Å². The van der Waals surface area contributed by atoms with Crippen LogP contribution in [0.5, 0.6) is 0 Å². The van der Waals surface area contributed by atoms with Crippen molar-refractivity contribution in [2.75, 3.05) is 0 Å². The van der Waals surface area contributed by atoms with Crippen LogP contribution in [0.15, 0.2) is 48.1 Å². The summed E-state index contributed by atoms with van der Waals surface area (Å²) in [5.41, 5.74) is 1.36. The Morgan fingerprint density at radius 1 is 0.929 bits per heavy atom. The zero-order chi connectivity index (χ0) is 11.2. The Hall–Kier alpha value is -1.04. The molecule has 0 saturated heterocycles. The molecular weight excluding hydrogens is 168 g/mol. The Labute approximate surface area is 89.7 Å². The summed E-state index contributed by atoms with van der Waals surface area (Å²) in [6.07, 6.45) is 15.5. The van der Waals surface area contributed by atoms with Crippen LogP contribution in [0.3, 0.4) is 0 Å². The maximum absolute atomic E-state index is 2.15. The van der Waals surface area contributed by atoms with Gasteiger partial charge in [0, 0.05) is 0 Å². The van der Waals surface area contributed by atoms with E-state index in [4.69, 9.17) is 0 Å². The average molecular weight is 192 g/mol. The minimum Gasteiger partial charge on any atom is -0.0877 e. The Kier molecular flexibility index (Phi) is 16.0. The summed E-state index contributed by atoms with van der Waals surface area (Å²) >= 11 is 0. The second-order valence-corrected chi connectivity index (χ2v) is 3.13. The van der Waals surface area contributed by atoms with Crippen LogP contribution >= 0.6 is 0 Å². The molecule has 0 aromatic rings. The third-order valence-electron chi connectivity index (χ3n) is 1.30. The fraction of sp³-hybridized carbons (Fsp3) is 0.429. The fourth-order valence-corrected chi connectivity index (χ4v) is 0.619. The van der Waals surface area contributed by atoms with Crippen LogP contribution in [-0.2, 0) is 0 Å². The third kappa shape index (κ3) is 22.4. The van der Waals surface area contributed by atoms with E-state index in [2.05, 4.69) is 39.0 Å². The fourth-order valence-electron chi connectivity index (χ4n) is 0.619. The molecule has 0 aromatic carbocycles. The molecule has 0 heterocycles. The second-order valence-electron chi connectivity index (χ2n) is 3.13. The summed E-state index contributed by atoms with van der Waals surface area (Å²) in [6, 6.07) is 0. The molecule has 14 heavy (non-hydrogen) atoms. The van der Waals surface area contributed by atoms with Gasteiger partial charge in [-0.2, -0.15) is 0 Å². The smallest absolute Gasteiger partial charge is 0.0376 e.